The van der Waals surface area contributed by atoms with Gasteiger partial charge in [0.25, 0.3) is 0 Å². The maximum absolute atomic E-state index is 12.2. The lowest BCUT2D eigenvalue weighted by atomic mass is 9.99. The van der Waals surface area contributed by atoms with Crippen molar-refractivity contribution in [1.82, 2.24) is 4.90 Å². The summed E-state index contributed by atoms with van der Waals surface area (Å²) in [6, 6.07) is 0. The Hall–Kier alpha value is -1.17. The quantitative estimate of drug-likeness (QED) is 0.598. The molecule has 3 unspecified atom stereocenters. The standard InChI is InChI=1S/C12H20N2O3S/c1-4-8(10(13)18)11(15)14-5-7(2)9(6-14)12(16)17-3/h7-9H,4-6H2,1-3H3,(H2,13,18). The molecule has 0 saturated carbocycles. The molecule has 0 bridgehead atoms. The van der Waals surface area contributed by atoms with E-state index in [-0.39, 0.29) is 28.7 Å². The third kappa shape index (κ3) is 2.98. The van der Waals surface area contributed by atoms with Crippen LogP contribution in [-0.2, 0) is 14.3 Å². The molecule has 1 aliphatic heterocycles. The van der Waals surface area contributed by atoms with Crippen LogP contribution >= 0.6 is 12.2 Å². The van der Waals surface area contributed by atoms with Crippen LogP contribution in [0, 0.1) is 17.8 Å². The number of carbonyl (C=O) groups is 2. The van der Waals surface area contributed by atoms with Gasteiger partial charge in [0.15, 0.2) is 0 Å². The van der Waals surface area contributed by atoms with Gasteiger partial charge in [0.1, 0.15) is 0 Å². The summed E-state index contributed by atoms with van der Waals surface area (Å²) >= 11 is 4.90. The number of thiocarbonyl (C=S) groups is 1. The van der Waals surface area contributed by atoms with E-state index in [0.29, 0.717) is 19.5 Å². The van der Waals surface area contributed by atoms with Gasteiger partial charge in [-0.25, -0.2) is 0 Å². The number of methoxy groups -OCH3 is 1. The van der Waals surface area contributed by atoms with Crippen LogP contribution in [0.15, 0.2) is 0 Å². The van der Waals surface area contributed by atoms with Crippen molar-refractivity contribution in [3.05, 3.63) is 0 Å². The van der Waals surface area contributed by atoms with Gasteiger partial charge in [-0.1, -0.05) is 26.1 Å². The molecule has 0 aliphatic carbocycles. The zero-order chi connectivity index (χ0) is 13.9. The first kappa shape index (κ1) is 14.9. The Balaban J connectivity index is 2.73. The summed E-state index contributed by atoms with van der Waals surface area (Å²) in [5, 5.41) is 0. The van der Waals surface area contributed by atoms with E-state index < -0.39 is 5.92 Å². The van der Waals surface area contributed by atoms with Gasteiger partial charge in [-0.05, 0) is 12.3 Å². The number of ether oxygens (including phenoxy) is 1. The van der Waals surface area contributed by atoms with E-state index in [1.165, 1.54) is 7.11 Å². The highest BCUT2D eigenvalue weighted by molar-refractivity contribution is 7.80. The van der Waals surface area contributed by atoms with Crippen LogP contribution in [0.5, 0.6) is 0 Å². The molecular weight excluding hydrogens is 252 g/mol. The summed E-state index contributed by atoms with van der Waals surface area (Å²) in [6.45, 7) is 4.76. The highest BCUT2D eigenvalue weighted by Gasteiger charge is 2.39. The number of carbonyl (C=O) groups excluding carboxylic acids is 2. The van der Waals surface area contributed by atoms with E-state index >= 15 is 0 Å². The summed E-state index contributed by atoms with van der Waals surface area (Å²) in [4.78, 5) is 25.7. The van der Waals surface area contributed by atoms with Gasteiger partial charge in [-0.2, -0.15) is 0 Å². The van der Waals surface area contributed by atoms with Gasteiger partial charge >= 0.3 is 5.97 Å². The van der Waals surface area contributed by atoms with Crippen LogP contribution in [0.3, 0.4) is 0 Å². The van der Waals surface area contributed by atoms with Crippen molar-refractivity contribution in [2.45, 2.75) is 20.3 Å². The summed E-state index contributed by atoms with van der Waals surface area (Å²) in [6.07, 6.45) is 0.585. The lowest BCUT2D eigenvalue weighted by Crippen LogP contribution is -2.40. The minimum absolute atomic E-state index is 0.0803. The van der Waals surface area contributed by atoms with Crippen molar-refractivity contribution in [3.8, 4) is 0 Å². The number of likely N-dealkylation sites (tertiary alicyclic amines) is 1. The molecule has 1 rings (SSSR count). The summed E-state index contributed by atoms with van der Waals surface area (Å²) in [5.41, 5.74) is 5.56. The molecule has 0 radical (unpaired) electrons. The van der Waals surface area contributed by atoms with Gasteiger partial charge in [0.05, 0.1) is 23.9 Å². The molecule has 0 aromatic rings. The Labute approximate surface area is 113 Å². The monoisotopic (exact) mass is 272 g/mol. The highest BCUT2D eigenvalue weighted by atomic mass is 32.1. The van der Waals surface area contributed by atoms with E-state index in [9.17, 15) is 9.59 Å². The molecule has 102 valence electrons. The number of esters is 1. The third-order valence-corrected chi connectivity index (χ3v) is 3.76. The molecule has 18 heavy (non-hydrogen) atoms. The number of hydrogen-bond acceptors (Lipinski definition) is 4. The van der Waals surface area contributed by atoms with Crippen LogP contribution in [-0.4, -0.2) is 42.0 Å². The zero-order valence-electron chi connectivity index (χ0n) is 11.0. The Morgan fingerprint density at radius 2 is 2.11 bits per heavy atom. The Morgan fingerprint density at radius 3 is 2.56 bits per heavy atom. The largest absolute Gasteiger partial charge is 0.469 e. The Morgan fingerprint density at radius 1 is 1.50 bits per heavy atom. The SMILES string of the molecule is CCC(C(=O)N1CC(C)C(C(=O)OC)C1)C(N)=S. The number of nitrogens with two attached hydrogens (primary N) is 1. The molecule has 3 atom stereocenters. The molecular formula is C12H20N2O3S. The maximum atomic E-state index is 12.2. The van der Waals surface area contributed by atoms with Gasteiger partial charge in [0, 0.05) is 13.1 Å². The van der Waals surface area contributed by atoms with Crippen LogP contribution in [0.4, 0.5) is 0 Å². The molecule has 0 spiro atoms. The fourth-order valence-electron chi connectivity index (χ4n) is 2.32. The second-order valence-electron chi connectivity index (χ2n) is 4.71. The van der Waals surface area contributed by atoms with Crippen LogP contribution in [0.25, 0.3) is 0 Å². The van der Waals surface area contributed by atoms with E-state index in [0.717, 1.165) is 0 Å². The first-order valence-corrected chi connectivity index (χ1v) is 6.49. The molecule has 1 amide bonds. The lowest BCUT2D eigenvalue weighted by Gasteiger charge is -2.21. The van der Waals surface area contributed by atoms with Crippen LogP contribution in [0.1, 0.15) is 20.3 Å². The summed E-state index contributed by atoms with van der Waals surface area (Å²) in [7, 11) is 1.36. The minimum Gasteiger partial charge on any atom is -0.469 e. The molecule has 1 saturated heterocycles. The third-order valence-electron chi connectivity index (χ3n) is 3.48. The molecule has 6 heteroatoms. The van der Waals surface area contributed by atoms with Crippen molar-refractivity contribution < 1.29 is 14.3 Å². The average molecular weight is 272 g/mol. The molecule has 5 nitrogen and oxygen atoms in total. The van der Waals surface area contributed by atoms with E-state index in [4.69, 9.17) is 22.7 Å². The van der Waals surface area contributed by atoms with E-state index in [2.05, 4.69) is 0 Å². The number of hydrogen-bond donors (Lipinski definition) is 1. The first-order valence-electron chi connectivity index (χ1n) is 6.08. The van der Waals surface area contributed by atoms with Gasteiger partial charge < -0.3 is 15.4 Å². The van der Waals surface area contributed by atoms with Crippen molar-refractivity contribution >= 4 is 29.1 Å². The Kier molecular flexibility index (Phi) is 5.07. The second-order valence-corrected chi connectivity index (χ2v) is 5.18. The van der Waals surface area contributed by atoms with Crippen LogP contribution < -0.4 is 5.73 Å². The zero-order valence-corrected chi connectivity index (χ0v) is 11.8. The lowest BCUT2D eigenvalue weighted by molar-refractivity contribution is -0.146. The van der Waals surface area contributed by atoms with Gasteiger partial charge in [0.2, 0.25) is 5.91 Å². The van der Waals surface area contributed by atoms with Crippen LogP contribution in [0.2, 0.25) is 0 Å². The smallest absolute Gasteiger partial charge is 0.310 e. The summed E-state index contributed by atoms with van der Waals surface area (Å²) < 4.78 is 4.74. The number of nitrogens with zero attached hydrogens (tertiary/aromatic N) is 1. The van der Waals surface area contributed by atoms with Crippen molar-refractivity contribution in [2.24, 2.45) is 23.5 Å². The van der Waals surface area contributed by atoms with Crippen molar-refractivity contribution in [3.63, 3.8) is 0 Å². The maximum Gasteiger partial charge on any atom is 0.310 e. The predicted molar refractivity (Wildman–Crippen MR) is 71.8 cm³/mol. The topological polar surface area (TPSA) is 72.6 Å². The average Bonchev–Trinajstić information content (AvgIpc) is 2.70. The van der Waals surface area contributed by atoms with Crippen molar-refractivity contribution in [2.75, 3.05) is 20.2 Å². The molecule has 1 aliphatic rings. The molecule has 0 aromatic carbocycles. The molecule has 1 heterocycles. The summed E-state index contributed by atoms with van der Waals surface area (Å²) in [5.74, 6) is -0.916. The molecule has 1 fully saturated rings. The fraction of sp³-hybridized carbons (Fsp3) is 0.750. The van der Waals surface area contributed by atoms with E-state index in [1.54, 1.807) is 4.90 Å². The van der Waals surface area contributed by atoms with E-state index in [1.807, 2.05) is 13.8 Å². The molecule has 0 aromatic heterocycles. The number of amides is 1. The predicted octanol–water partition coefficient (Wildman–Crippen LogP) is 0.566. The van der Waals surface area contributed by atoms with Gasteiger partial charge in [-0.3, -0.25) is 9.59 Å². The first-order chi connectivity index (χ1) is 8.42. The van der Waals surface area contributed by atoms with Gasteiger partial charge in [-0.15, -0.1) is 0 Å². The minimum atomic E-state index is -0.427. The highest BCUT2D eigenvalue weighted by Crippen LogP contribution is 2.26. The van der Waals surface area contributed by atoms with Crippen molar-refractivity contribution in [1.29, 1.82) is 0 Å². The fourth-order valence-corrected chi connectivity index (χ4v) is 2.59. The Bertz CT molecular complexity index is 359. The second kappa shape index (κ2) is 6.13. The number of rotatable bonds is 4. The normalized spacial score (nSPS) is 24.7. The molecule has 2 N–H and O–H groups in total.